The number of rotatable bonds is 2. The summed E-state index contributed by atoms with van der Waals surface area (Å²) in [4.78, 5) is 18.2. The number of nitrogens with zero attached hydrogens (tertiary/aromatic N) is 3. The standard InChI is InChI=1S/C13H12N4OS/c1-8-9(2)19-13-15-12(16-17(8)13)14-11(18)10-6-4-3-5-7-10/h3-7H,1-2H3,(H,14,16,18). The Morgan fingerprint density at radius 2 is 2.00 bits per heavy atom. The molecule has 5 nitrogen and oxygen atoms in total. The smallest absolute Gasteiger partial charge is 0.258 e. The molecule has 1 amide bonds. The lowest BCUT2D eigenvalue weighted by Crippen LogP contribution is -2.12. The van der Waals surface area contributed by atoms with Gasteiger partial charge in [-0.05, 0) is 26.0 Å². The van der Waals surface area contributed by atoms with E-state index in [1.807, 2.05) is 32.0 Å². The summed E-state index contributed by atoms with van der Waals surface area (Å²) >= 11 is 1.56. The van der Waals surface area contributed by atoms with Crippen molar-refractivity contribution in [2.45, 2.75) is 13.8 Å². The average molecular weight is 272 g/mol. The van der Waals surface area contributed by atoms with Gasteiger partial charge in [-0.1, -0.05) is 29.5 Å². The minimum absolute atomic E-state index is 0.201. The molecule has 1 aromatic carbocycles. The summed E-state index contributed by atoms with van der Waals surface area (Å²) in [7, 11) is 0. The lowest BCUT2D eigenvalue weighted by atomic mass is 10.2. The second kappa shape index (κ2) is 4.47. The molecule has 0 spiro atoms. The summed E-state index contributed by atoms with van der Waals surface area (Å²) in [5.74, 6) is 0.136. The lowest BCUT2D eigenvalue weighted by Gasteiger charge is -1.99. The van der Waals surface area contributed by atoms with Crippen LogP contribution >= 0.6 is 11.3 Å². The SMILES string of the molecule is Cc1sc2nc(NC(=O)c3ccccc3)nn2c1C. The number of benzene rings is 1. The first kappa shape index (κ1) is 11.9. The number of anilines is 1. The van der Waals surface area contributed by atoms with E-state index in [1.54, 1.807) is 28.0 Å². The fourth-order valence-corrected chi connectivity index (χ4v) is 2.66. The van der Waals surface area contributed by atoms with Gasteiger partial charge in [-0.15, -0.1) is 5.10 Å². The molecule has 0 saturated heterocycles. The Balaban J connectivity index is 1.88. The number of aryl methyl sites for hydroxylation is 2. The first-order chi connectivity index (χ1) is 9.15. The molecule has 6 heteroatoms. The van der Waals surface area contributed by atoms with Crippen LogP contribution in [0.3, 0.4) is 0 Å². The first-order valence-electron chi connectivity index (χ1n) is 5.84. The maximum absolute atomic E-state index is 12.0. The van der Waals surface area contributed by atoms with Crippen molar-refractivity contribution < 1.29 is 4.79 Å². The quantitative estimate of drug-likeness (QED) is 0.780. The highest BCUT2D eigenvalue weighted by atomic mass is 32.1. The number of nitrogens with one attached hydrogen (secondary N) is 1. The Labute approximate surface area is 113 Å². The molecule has 1 N–H and O–H groups in total. The molecule has 0 radical (unpaired) electrons. The summed E-state index contributed by atoms with van der Waals surface area (Å²) in [5, 5.41) is 6.99. The Kier molecular flexibility index (Phi) is 2.79. The zero-order valence-corrected chi connectivity index (χ0v) is 11.4. The van der Waals surface area contributed by atoms with Gasteiger partial charge in [-0.3, -0.25) is 10.1 Å². The third-order valence-electron chi connectivity index (χ3n) is 2.91. The first-order valence-corrected chi connectivity index (χ1v) is 6.66. The van der Waals surface area contributed by atoms with Gasteiger partial charge in [0.05, 0.1) is 5.69 Å². The van der Waals surface area contributed by atoms with E-state index >= 15 is 0 Å². The molecular weight excluding hydrogens is 260 g/mol. The van der Waals surface area contributed by atoms with Crippen LogP contribution < -0.4 is 5.32 Å². The normalized spacial score (nSPS) is 10.8. The van der Waals surface area contributed by atoms with Gasteiger partial charge in [0.1, 0.15) is 0 Å². The van der Waals surface area contributed by atoms with Crippen molar-refractivity contribution in [1.82, 2.24) is 14.6 Å². The molecule has 0 aliphatic rings. The van der Waals surface area contributed by atoms with Crippen LogP contribution in [0.15, 0.2) is 30.3 Å². The van der Waals surface area contributed by atoms with E-state index in [4.69, 9.17) is 0 Å². The number of hydrogen-bond acceptors (Lipinski definition) is 4. The van der Waals surface area contributed by atoms with E-state index < -0.39 is 0 Å². The summed E-state index contributed by atoms with van der Waals surface area (Å²) in [5.41, 5.74) is 1.64. The van der Waals surface area contributed by atoms with Crippen molar-refractivity contribution >= 4 is 28.2 Å². The zero-order valence-electron chi connectivity index (χ0n) is 10.5. The van der Waals surface area contributed by atoms with E-state index in [2.05, 4.69) is 15.4 Å². The number of carbonyl (C=O) groups is 1. The highest BCUT2D eigenvalue weighted by Gasteiger charge is 2.13. The van der Waals surface area contributed by atoms with E-state index in [0.717, 1.165) is 10.7 Å². The summed E-state index contributed by atoms with van der Waals surface area (Å²) in [6, 6.07) is 9.02. The van der Waals surface area contributed by atoms with Gasteiger partial charge in [-0.25, -0.2) is 4.52 Å². The van der Waals surface area contributed by atoms with Crippen LogP contribution in [0.4, 0.5) is 5.95 Å². The van der Waals surface area contributed by atoms with E-state index in [1.165, 1.54) is 4.88 Å². The largest absolute Gasteiger partial charge is 0.289 e. The third-order valence-corrected chi connectivity index (χ3v) is 3.96. The van der Waals surface area contributed by atoms with Gasteiger partial charge in [0.2, 0.25) is 4.96 Å². The molecule has 0 aliphatic heterocycles. The van der Waals surface area contributed by atoms with Crippen LogP contribution in [0.5, 0.6) is 0 Å². The van der Waals surface area contributed by atoms with Crippen molar-refractivity contribution in [3.63, 3.8) is 0 Å². The molecule has 19 heavy (non-hydrogen) atoms. The van der Waals surface area contributed by atoms with Crippen molar-refractivity contribution in [2.75, 3.05) is 5.32 Å². The number of hydrogen-bond donors (Lipinski definition) is 1. The predicted molar refractivity (Wildman–Crippen MR) is 74.7 cm³/mol. The zero-order chi connectivity index (χ0) is 13.4. The van der Waals surface area contributed by atoms with Crippen molar-refractivity contribution in [1.29, 1.82) is 0 Å². The predicted octanol–water partition coefficient (Wildman–Crippen LogP) is 2.66. The molecule has 0 unspecified atom stereocenters. The van der Waals surface area contributed by atoms with Gasteiger partial charge in [0, 0.05) is 10.4 Å². The summed E-state index contributed by atoms with van der Waals surface area (Å²) in [6.45, 7) is 4.01. The minimum atomic E-state index is -0.201. The van der Waals surface area contributed by atoms with Gasteiger partial charge < -0.3 is 0 Å². The summed E-state index contributed by atoms with van der Waals surface area (Å²) in [6.07, 6.45) is 0. The van der Waals surface area contributed by atoms with Gasteiger partial charge >= 0.3 is 0 Å². The van der Waals surface area contributed by atoms with Crippen LogP contribution in [0.1, 0.15) is 20.9 Å². The molecule has 0 saturated carbocycles. The molecule has 0 aliphatic carbocycles. The van der Waals surface area contributed by atoms with Crippen molar-refractivity contribution in [3.05, 3.63) is 46.5 Å². The lowest BCUT2D eigenvalue weighted by molar-refractivity contribution is 0.102. The highest BCUT2D eigenvalue weighted by molar-refractivity contribution is 7.17. The molecule has 0 bridgehead atoms. The Hall–Kier alpha value is -2.21. The van der Waals surface area contributed by atoms with Gasteiger partial charge in [0.15, 0.2) is 0 Å². The topological polar surface area (TPSA) is 59.3 Å². The monoisotopic (exact) mass is 272 g/mol. The average Bonchev–Trinajstić information content (AvgIpc) is 2.91. The van der Waals surface area contributed by atoms with Crippen molar-refractivity contribution in [2.24, 2.45) is 0 Å². The van der Waals surface area contributed by atoms with Crippen LogP contribution in [0, 0.1) is 13.8 Å². The number of fused-ring (bicyclic) bond motifs is 1. The van der Waals surface area contributed by atoms with E-state index in [-0.39, 0.29) is 5.91 Å². The molecule has 2 heterocycles. The van der Waals surface area contributed by atoms with Gasteiger partial charge in [-0.2, -0.15) is 4.98 Å². The Morgan fingerprint density at radius 1 is 1.26 bits per heavy atom. The second-order valence-electron chi connectivity index (χ2n) is 4.19. The molecule has 0 fully saturated rings. The molecular formula is C13H12N4OS. The van der Waals surface area contributed by atoms with Crippen LogP contribution in [0.2, 0.25) is 0 Å². The Bertz CT molecular complexity index is 745. The second-order valence-corrected chi connectivity index (χ2v) is 5.38. The number of aromatic nitrogens is 3. The maximum atomic E-state index is 12.0. The molecule has 2 aromatic heterocycles. The van der Waals surface area contributed by atoms with Crippen LogP contribution in [0.25, 0.3) is 4.96 Å². The van der Waals surface area contributed by atoms with Crippen LogP contribution in [-0.2, 0) is 0 Å². The number of amides is 1. The maximum Gasteiger partial charge on any atom is 0.258 e. The van der Waals surface area contributed by atoms with E-state index in [0.29, 0.717) is 11.5 Å². The fraction of sp³-hybridized carbons (Fsp3) is 0.154. The Morgan fingerprint density at radius 3 is 2.68 bits per heavy atom. The highest BCUT2D eigenvalue weighted by Crippen LogP contribution is 2.21. The van der Waals surface area contributed by atoms with Crippen LogP contribution in [-0.4, -0.2) is 20.5 Å². The fourth-order valence-electron chi connectivity index (χ4n) is 1.76. The molecule has 3 aromatic rings. The third kappa shape index (κ3) is 2.10. The molecule has 0 atom stereocenters. The molecule has 3 rings (SSSR count). The van der Waals surface area contributed by atoms with E-state index in [9.17, 15) is 4.79 Å². The number of thiazole rings is 1. The number of carbonyl (C=O) groups excluding carboxylic acids is 1. The summed E-state index contributed by atoms with van der Waals surface area (Å²) < 4.78 is 1.75. The van der Waals surface area contributed by atoms with Gasteiger partial charge in [0.25, 0.3) is 11.9 Å². The minimum Gasteiger partial charge on any atom is -0.289 e. The molecule has 96 valence electrons. The van der Waals surface area contributed by atoms with Crippen molar-refractivity contribution in [3.8, 4) is 0 Å².